The Morgan fingerprint density at radius 2 is 1.86 bits per heavy atom. The van der Waals surface area contributed by atoms with E-state index in [-0.39, 0.29) is 13.2 Å². The van der Waals surface area contributed by atoms with Crippen LogP contribution in [-0.4, -0.2) is 51.6 Å². The van der Waals surface area contributed by atoms with Crippen molar-refractivity contribution >= 4 is 0 Å². The van der Waals surface area contributed by atoms with Crippen LogP contribution in [0.4, 0.5) is 0 Å². The highest BCUT2D eigenvalue weighted by Crippen LogP contribution is 2.12. The van der Waals surface area contributed by atoms with Crippen LogP contribution in [0.15, 0.2) is 28.8 Å². The molecule has 0 spiro atoms. The van der Waals surface area contributed by atoms with E-state index in [1.54, 1.807) is 0 Å². The van der Waals surface area contributed by atoms with Crippen molar-refractivity contribution in [3.63, 3.8) is 0 Å². The first-order chi connectivity index (χ1) is 10.2. The molecule has 21 heavy (non-hydrogen) atoms. The molecule has 0 saturated heterocycles. The Balaban J connectivity index is 1.99. The van der Waals surface area contributed by atoms with Crippen LogP contribution in [0.5, 0.6) is 0 Å². The van der Waals surface area contributed by atoms with Crippen LogP contribution in [0, 0.1) is 6.92 Å². The average molecular weight is 291 g/mol. The van der Waals surface area contributed by atoms with E-state index in [0.717, 1.165) is 0 Å². The number of aromatic nitrogens is 2. The molecule has 0 fully saturated rings. The lowest BCUT2D eigenvalue weighted by molar-refractivity contribution is 0.143. The quantitative estimate of drug-likeness (QED) is 0.747. The van der Waals surface area contributed by atoms with Gasteiger partial charge in [0, 0.05) is 19.5 Å². The van der Waals surface area contributed by atoms with Gasteiger partial charge >= 0.3 is 0 Å². The van der Waals surface area contributed by atoms with Crippen LogP contribution in [0.3, 0.4) is 0 Å². The molecule has 0 amide bonds. The summed E-state index contributed by atoms with van der Waals surface area (Å²) in [5, 5.41) is 22.0. The molecule has 0 unspecified atom stereocenters. The molecule has 6 heteroatoms. The lowest BCUT2D eigenvalue weighted by Gasteiger charge is -2.17. The molecule has 2 aromatic rings. The summed E-state index contributed by atoms with van der Waals surface area (Å²) in [6.45, 7) is 3.49. The minimum absolute atomic E-state index is 0.0319. The number of benzene rings is 1. The van der Waals surface area contributed by atoms with Gasteiger partial charge in [0.25, 0.3) is 0 Å². The van der Waals surface area contributed by atoms with Crippen LogP contribution >= 0.6 is 0 Å². The van der Waals surface area contributed by atoms with E-state index in [9.17, 15) is 0 Å². The summed E-state index contributed by atoms with van der Waals surface area (Å²) >= 11 is 0. The normalized spacial score (nSPS) is 11.2. The molecule has 1 aromatic heterocycles. The topological polar surface area (TPSA) is 82.6 Å². The molecular formula is C15H21N3O3. The maximum Gasteiger partial charge on any atom is 0.240 e. The third-order valence-corrected chi connectivity index (χ3v) is 3.31. The maximum atomic E-state index is 8.98. The zero-order valence-corrected chi connectivity index (χ0v) is 12.2. The van der Waals surface area contributed by atoms with Gasteiger partial charge in [-0.2, -0.15) is 4.98 Å². The fourth-order valence-electron chi connectivity index (χ4n) is 2.15. The second-order valence-corrected chi connectivity index (χ2v) is 4.93. The minimum atomic E-state index is 0.0319. The number of hydrogen-bond donors (Lipinski definition) is 2. The lowest BCUT2D eigenvalue weighted by Crippen LogP contribution is -2.29. The van der Waals surface area contributed by atoms with E-state index in [4.69, 9.17) is 14.7 Å². The van der Waals surface area contributed by atoms with Crippen molar-refractivity contribution < 1.29 is 14.7 Å². The predicted molar refractivity (Wildman–Crippen MR) is 77.7 cm³/mol. The van der Waals surface area contributed by atoms with Crippen molar-refractivity contribution in [1.82, 2.24) is 15.0 Å². The number of aliphatic hydroxyl groups excluding tert-OH is 2. The number of nitrogens with zero attached hydrogens (tertiary/aromatic N) is 3. The minimum Gasteiger partial charge on any atom is -0.395 e. The molecule has 0 aliphatic heterocycles. The van der Waals surface area contributed by atoms with Crippen molar-refractivity contribution in [2.75, 3.05) is 26.3 Å². The molecule has 2 rings (SSSR count). The fraction of sp³-hybridized carbons (Fsp3) is 0.467. The van der Waals surface area contributed by atoms with Crippen molar-refractivity contribution in [3.05, 3.63) is 47.1 Å². The summed E-state index contributed by atoms with van der Waals surface area (Å²) in [4.78, 5) is 6.23. The molecule has 0 radical (unpaired) electrons. The van der Waals surface area contributed by atoms with E-state index in [1.807, 2.05) is 17.0 Å². The molecular weight excluding hydrogens is 270 g/mol. The zero-order chi connectivity index (χ0) is 15.1. The highest BCUT2D eigenvalue weighted by atomic mass is 16.5. The smallest absolute Gasteiger partial charge is 0.240 e. The SMILES string of the molecule is Cc1ccccc1Cc1noc(CN(CCO)CCO)n1. The van der Waals surface area contributed by atoms with Crippen LogP contribution in [0.1, 0.15) is 22.8 Å². The van der Waals surface area contributed by atoms with Crippen LogP contribution in [-0.2, 0) is 13.0 Å². The molecule has 114 valence electrons. The van der Waals surface area contributed by atoms with E-state index in [1.165, 1.54) is 11.1 Å². The average Bonchev–Trinajstić information content (AvgIpc) is 2.89. The summed E-state index contributed by atoms with van der Waals surface area (Å²) in [6, 6.07) is 8.10. The predicted octanol–water partition coefficient (Wildman–Crippen LogP) is 0.755. The standard InChI is InChI=1S/C15H21N3O3/c1-12-4-2-3-5-13(12)10-14-16-15(21-17-14)11-18(6-8-19)7-9-20/h2-5,19-20H,6-11H2,1H3. The first-order valence-corrected chi connectivity index (χ1v) is 7.03. The van der Waals surface area contributed by atoms with Gasteiger partial charge in [-0.3, -0.25) is 4.90 Å². The molecule has 0 bridgehead atoms. The van der Waals surface area contributed by atoms with Crippen molar-refractivity contribution in [3.8, 4) is 0 Å². The van der Waals surface area contributed by atoms with E-state index in [0.29, 0.717) is 37.8 Å². The Bertz CT molecular complexity index is 551. The summed E-state index contributed by atoms with van der Waals surface area (Å²) in [7, 11) is 0. The highest BCUT2D eigenvalue weighted by molar-refractivity contribution is 5.27. The fourth-order valence-corrected chi connectivity index (χ4v) is 2.15. The van der Waals surface area contributed by atoms with Gasteiger partial charge in [-0.25, -0.2) is 0 Å². The molecule has 0 aliphatic rings. The summed E-state index contributed by atoms with van der Waals surface area (Å²) in [5.41, 5.74) is 2.37. The summed E-state index contributed by atoms with van der Waals surface area (Å²) in [5.74, 6) is 1.15. The Hall–Kier alpha value is -1.76. The van der Waals surface area contributed by atoms with Gasteiger partial charge in [-0.15, -0.1) is 0 Å². The molecule has 2 N–H and O–H groups in total. The monoisotopic (exact) mass is 291 g/mol. The molecule has 0 aliphatic carbocycles. The Morgan fingerprint density at radius 1 is 1.14 bits per heavy atom. The van der Waals surface area contributed by atoms with E-state index in [2.05, 4.69) is 29.2 Å². The van der Waals surface area contributed by atoms with Gasteiger partial charge in [0.15, 0.2) is 5.82 Å². The van der Waals surface area contributed by atoms with Crippen molar-refractivity contribution in [2.45, 2.75) is 19.9 Å². The number of aliphatic hydroxyl groups is 2. The molecule has 1 heterocycles. The lowest BCUT2D eigenvalue weighted by atomic mass is 10.1. The second-order valence-electron chi connectivity index (χ2n) is 4.93. The first kappa shape index (κ1) is 15.6. The van der Waals surface area contributed by atoms with Gasteiger partial charge < -0.3 is 14.7 Å². The molecule has 1 aromatic carbocycles. The van der Waals surface area contributed by atoms with E-state index >= 15 is 0 Å². The summed E-state index contributed by atoms with van der Waals surface area (Å²) in [6.07, 6.45) is 0.635. The zero-order valence-electron chi connectivity index (χ0n) is 12.2. The van der Waals surface area contributed by atoms with Crippen molar-refractivity contribution in [1.29, 1.82) is 0 Å². The van der Waals surface area contributed by atoms with Gasteiger partial charge in [0.2, 0.25) is 5.89 Å². The molecule has 0 saturated carbocycles. The number of rotatable bonds is 8. The Morgan fingerprint density at radius 3 is 2.52 bits per heavy atom. The van der Waals surface area contributed by atoms with Gasteiger partial charge in [-0.1, -0.05) is 29.4 Å². The van der Waals surface area contributed by atoms with Crippen LogP contribution < -0.4 is 0 Å². The van der Waals surface area contributed by atoms with Gasteiger partial charge in [0.05, 0.1) is 19.8 Å². The highest BCUT2D eigenvalue weighted by Gasteiger charge is 2.12. The third kappa shape index (κ3) is 4.63. The molecule has 0 atom stereocenters. The van der Waals surface area contributed by atoms with Crippen LogP contribution in [0.2, 0.25) is 0 Å². The molecule has 6 nitrogen and oxygen atoms in total. The van der Waals surface area contributed by atoms with Gasteiger partial charge in [-0.05, 0) is 18.1 Å². The first-order valence-electron chi connectivity index (χ1n) is 7.03. The Labute approximate surface area is 124 Å². The van der Waals surface area contributed by atoms with Gasteiger partial charge in [0.1, 0.15) is 0 Å². The summed E-state index contributed by atoms with van der Waals surface area (Å²) < 4.78 is 5.23. The maximum absolute atomic E-state index is 8.98. The second kappa shape index (κ2) is 7.87. The Kier molecular flexibility index (Phi) is 5.86. The third-order valence-electron chi connectivity index (χ3n) is 3.31. The largest absolute Gasteiger partial charge is 0.395 e. The number of aryl methyl sites for hydroxylation is 1. The van der Waals surface area contributed by atoms with Crippen LogP contribution in [0.25, 0.3) is 0 Å². The number of hydrogen-bond acceptors (Lipinski definition) is 6. The van der Waals surface area contributed by atoms with E-state index < -0.39 is 0 Å². The van der Waals surface area contributed by atoms with Crippen molar-refractivity contribution in [2.24, 2.45) is 0 Å².